The molecule has 0 atom stereocenters. The van der Waals surface area contributed by atoms with E-state index in [-0.39, 0.29) is 0 Å². The topological polar surface area (TPSA) is 38.9 Å². The van der Waals surface area contributed by atoms with Crippen molar-refractivity contribution in [2.24, 2.45) is 5.73 Å². The standard InChI is InChI=1S/C9H10N2/c10-6-2-1-3-9-4-7-11-8-5-9/h1-8H,10H2. The van der Waals surface area contributed by atoms with Gasteiger partial charge in [0.2, 0.25) is 0 Å². The molecule has 0 saturated heterocycles. The van der Waals surface area contributed by atoms with E-state index in [2.05, 4.69) is 4.98 Å². The molecule has 0 amide bonds. The molecule has 11 heavy (non-hydrogen) atoms. The van der Waals surface area contributed by atoms with Gasteiger partial charge in [0.15, 0.2) is 0 Å². The minimum absolute atomic E-state index is 1.12. The average molecular weight is 146 g/mol. The first kappa shape index (κ1) is 7.54. The van der Waals surface area contributed by atoms with Crippen LogP contribution in [0.1, 0.15) is 5.56 Å². The van der Waals surface area contributed by atoms with E-state index in [0.29, 0.717) is 0 Å². The minimum atomic E-state index is 1.12. The van der Waals surface area contributed by atoms with Crippen LogP contribution in [0.4, 0.5) is 0 Å². The predicted octanol–water partition coefficient (Wildman–Crippen LogP) is 1.57. The summed E-state index contributed by atoms with van der Waals surface area (Å²) >= 11 is 0. The van der Waals surface area contributed by atoms with Gasteiger partial charge in [-0.1, -0.05) is 12.2 Å². The molecular formula is C9H10N2. The molecule has 1 aromatic heterocycles. The van der Waals surface area contributed by atoms with E-state index < -0.39 is 0 Å². The Morgan fingerprint density at radius 1 is 1.18 bits per heavy atom. The second-order valence-electron chi connectivity index (χ2n) is 2.02. The molecule has 1 rings (SSSR count). The van der Waals surface area contributed by atoms with Crippen LogP contribution in [0.3, 0.4) is 0 Å². The molecule has 1 aromatic rings. The van der Waals surface area contributed by atoms with Crippen molar-refractivity contribution in [1.82, 2.24) is 4.98 Å². The lowest BCUT2D eigenvalue weighted by molar-refractivity contribution is 1.32. The highest BCUT2D eigenvalue weighted by atomic mass is 14.6. The van der Waals surface area contributed by atoms with Gasteiger partial charge in [-0.05, 0) is 30.0 Å². The Bertz CT molecular complexity index is 250. The summed E-state index contributed by atoms with van der Waals surface area (Å²) in [6, 6.07) is 3.86. The molecule has 0 fully saturated rings. The van der Waals surface area contributed by atoms with E-state index in [1.165, 1.54) is 6.20 Å². The Morgan fingerprint density at radius 3 is 2.55 bits per heavy atom. The second-order valence-corrected chi connectivity index (χ2v) is 2.02. The summed E-state index contributed by atoms with van der Waals surface area (Å²) in [6.07, 6.45) is 10.6. The maximum Gasteiger partial charge on any atom is 0.0273 e. The van der Waals surface area contributed by atoms with Crippen molar-refractivity contribution in [3.8, 4) is 0 Å². The highest BCUT2D eigenvalue weighted by Crippen LogP contribution is 1.98. The van der Waals surface area contributed by atoms with Crippen LogP contribution in [0, 0.1) is 0 Å². The van der Waals surface area contributed by atoms with E-state index in [9.17, 15) is 0 Å². The summed E-state index contributed by atoms with van der Waals surface area (Å²) in [5, 5.41) is 0. The van der Waals surface area contributed by atoms with Crippen molar-refractivity contribution >= 4 is 6.08 Å². The first-order chi connectivity index (χ1) is 5.43. The molecule has 0 saturated carbocycles. The van der Waals surface area contributed by atoms with Gasteiger partial charge in [0.05, 0.1) is 0 Å². The zero-order valence-electron chi connectivity index (χ0n) is 6.14. The summed E-state index contributed by atoms with van der Waals surface area (Å²) < 4.78 is 0. The van der Waals surface area contributed by atoms with E-state index in [4.69, 9.17) is 5.73 Å². The third-order valence-corrected chi connectivity index (χ3v) is 1.22. The highest BCUT2D eigenvalue weighted by Gasteiger charge is 1.79. The molecule has 56 valence electrons. The molecule has 0 aliphatic carbocycles. The summed E-state index contributed by atoms with van der Waals surface area (Å²) in [4.78, 5) is 3.90. The van der Waals surface area contributed by atoms with E-state index in [0.717, 1.165) is 5.56 Å². The Balaban J connectivity index is 2.64. The summed E-state index contributed by atoms with van der Waals surface area (Å²) in [7, 11) is 0. The number of pyridine rings is 1. The average Bonchev–Trinajstić information content (AvgIpc) is 2.07. The number of nitrogens with zero attached hydrogens (tertiary/aromatic N) is 1. The fraction of sp³-hybridized carbons (Fsp3) is 0. The molecular weight excluding hydrogens is 136 g/mol. The van der Waals surface area contributed by atoms with Crippen LogP contribution >= 0.6 is 0 Å². The van der Waals surface area contributed by atoms with Crippen LogP contribution < -0.4 is 5.73 Å². The lowest BCUT2D eigenvalue weighted by Gasteiger charge is -1.87. The van der Waals surface area contributed by atoms with Crippen LogP contribution in [0.5, 0.6) is 0 Å². The van der Waals surface area contributed by atoms with Gasteiger partial charge in [-0.2, -0.15) is 0 Å². The molecule has 0 spiro atoms. The number of rotatable bonds is 2. The maximum atomic E-state index is 5.15. The van der Waals surface area contributed by atoms with Crippen LogP contribution in [0.2, 0.25) is 0 Å². The van der Waals surface area contributed by atoms with Gasteiger partial charge < -0.3 is 5.73 Å². The normalized spacial score (nSPS) is 11.3. The number of nitrogens with two attached hydrogens (primary N) is 1. The Morgan fingerprint density at radius 2 is 1.91 bits per heavy atom. The smallest absolute Gasteiger partial charge is 0.0273 e. The Kier molecular flexibility index (Phi) is 2.93. The van der Waals surface area contributed by atoms with Gasteiger partial charge in [-0.25, -0.2) is 0 Å². The SMILES string of the molecule is NC=CC=Cc1ccncc1. The molecule has 0 radical (unpaired) electrons. The lowest BCUT2D eigenvalue weighted by atomic mass is 10.2. The number of hydrogen-bond acceptors (Lipinski definition) is 2. The largest absolute Gasteiger partial charge is 0.405 e. The first-order valence-corrected chi connectivity index (χ1v) is 3.38. The van der Waals surface area contributed by atoms with Gasteiger partial charge >= 0.3 is 0 Å². The quantitative estimate of drug-likeness (QED) is 0.643. The monoisotopic (exact) mass is 146 g/mol. The van der Waals surface area contributed by atoms with Crippen molar-refractivity contribution in [3.05, 3.63) is 48.4 Å². The van der Waals surface area contributed by atoms with Crippen molar-refractivity contribution < 1.29 is 0 Å². The van der Waals surface area contributed by atoms with Crippen LogP contribution in [-0.4, -0.2) is 4.98 Å². The summed E-state index contributed by atoms with van der Waals surface area (Å²) in [5.41, 5.74) is 6.27. The molecule has 0 aliphatic rings. The molecule has 2 nitrogen and oxygen atoms in total. The fourth-order valence-electron chi connectivity index (χ4n) is 0.705. The summed E-state index contributed by atoms with van der Waals surface area (Å²) in [5.74, 6) is 0. The zero-order chi connectivity index (χ0) is 7.94. The van der Waals surface area contributed by atoms with Crippen molar-refractivity contribution in [2.45, 2.75) is 0 Å². The maximum absolute atomic E-state index is 5.15. The minimum Gasteiger partial charge on any atom is -0.405 e. The molecule has 0 unspecified atom stereocenters. The van der Waals surface area contributed by atoms with Gasteiger partial charge in [0, 0.05) is 12.4 Å². The van der Waals surface area contributed by atoms with Gasteiger partial charge in [0.1, 0.15) is 0 Å². The summed E-state index contributed by atoms with van der Waals surface area (Å²) in [6.45, 7) is 0. The number of allylic oxidation sites excluding steroid dienone is 2. The third-order valence-electron chi connectivity index (χ3n) is 1.22. The first-order valence-electron chi connectivity index (χ1n) is 3.38. The molecule has 1 heterocycles. The Labute approximate surface area is 66.1 Å². The Hall–Kier alpha value is -1.57. The van der Waals surface area contributed by atoms with Crippen molar-refractivity contribution in [3.63, 3.8) is 0 Å². The van der Waals surface area contributed by atoms with Crippen molar-refractivity contribution in [1.29, 1.82) is 0 Å². The van der Waals surface area contributed by atoms with Crippen LogP contribution in [0.25, 0.3) is 6.08 Å². The number of hydrogen-bond donors (Lipinski definition) is 1. The van der Waals surface area contributed by atoms with E-state index in [1.807, 2.05) is 24.3 Å². The predicted molar refractivity (Wildman–Crippen MR) is 46.6 cm³/mol. The molecule has 0 bridgehead atoms. The molecule has 0 aliphatic heterocycles. The van der Waals surface area contributed by atoms with Gasteiger partial charge in [0.25, 0.3) is 0 Å². The van der Waals surface area contributed by atoms with E-state index in [1.54, 1.807) is 18.5 Å². The fourth-order valence-corrected chi connectivity index (χ4v) is 0.705. The lowest BCUT2D eigenvalue weighted by Crippen LogP contribution is -1.73. The highest BCUT2D eigenvalue weighted by molar-refractivity contribution is 5.49. The van der Waals surface area contributed by atoms with Gasteiger partial charge in [-0.15, -0.1) is 0 Å². The molecule has 2 heteroatoms. The van der Waals surface area contributed by atoms with Crippen LogP contribution in [0.15, 0.2) is 42.9 Å². The van der Waals surface area contributed by atoms with Crippen molar-refractivity contribution in [2.75, 3.05) is 0 Å². The molecule has 2 N–H and O–H groups in total. The number of aromatic nitrogens is 1. The zero-order valence-corrected chi connectivity index (χ0v) is 6.14. The van der Waals surface area contributed by atoms with Crippen LogP contribution in [-0.2, 0) is 0 Å². The van der Waals surface area contributed by atoms with Gasteiger partial charge in [-0.3, -0.25) is 4.98 Å². The third kappa shape index (κ3) is 2.67. The van der Waals surface area contributed by atoms with E-state index >= 15 is 0 Å². The molecule has 0 aromatic carbocycles. The second kappa shape index (κ2) is 4.28.